The van der Waals surface area contributed by atoms with E-state index in [-0.39, 0.29) is 17.7 Å². The van der Waals surface area contributed by atoms with Crippen LogP contribution in [0.4, 0.5) is 0 Å². The van der Waals surface area contributed by atoms with Crippen molar-refractivity contribution in [2.75, 3.05) is 6.61 Å². The van der Waals surface area contributed by atoms with Crippen LogP contribution in [0.2, 0.25) is 0 Å². The fourth-order valence-electron chi connectivity index (χ4n) is 5.69. The molecule has 2 aliphatic rings. The summed E-state index contributed by atoms with van der Waals surface area (Å²) in [5.41, 5.74) is 4.12. The Morgan fingerprint density at radius 3 is 2.68 bits per heavy atom. The molecule has 1 N–H and O–H groups in total. The Labute approximate surface area is 200 Å². The van der Waals surface area contributed by atoms with Gasteiger partial charge in [0.1, 0.15) is 0 Å². The van der Waals surface area contributed by atoms with Gasteiger partial charge in [0.05, 0.1) is 18.7 Å². The van der Waals surface area contributed by atoms with Crippen LogP contribution in [0.5, 0.6) is 0 Å². The van der Waals surface area contributed by atoms with Crippen LogP contribution < -0.4 is 5.56 Å². The van der Waals surface area contributed by atoms with E-state index in [9.17, 15) is 4.79 Å². The third kappa shape index (κ3) is 4.66. The van der Waals surface area contributed by atoms with Crippen molar-refractivity contribution in [2.24, 2.45) is 0 Å². The number of pyridine rings is 1. The molecule has 2 fully saturated rings. The molecule has 8 heteroatoms. The van der Waals surface area contributed by atoms with Gasteiger partial charge in [-0.05, 0) is 91.1 Å². The Morgan fingerprint density at radius 2 is 1.94 bits per heavy atom. The van der Waals surface area contributed by atoms with Gasteiger partial charge in [0, 0.05) is 30.3 Å². The van der Waals surface area contributed by atoms with Crippen LogP contribution in [0.25, 0.3) is 10.9 Å². The number of fused-ring (bicyclic) bond motifs is 1. The molecule has 1 aromatic carbocycles. The summed E-state index contributed by atoms with van der Waals surface area (Å²) in [5.74, 6) is 0.883. The molecule has 0 radical (unpaired) electrons. The highest BCUT2D eigenvalue weighted by atomic mass is 16.5. The summed E-state index contributed by atoms with van der Waals surface area (Å²) in [5, 5.41) is 13.9. The van der Waals surface area contributed by atoms with Crippen LogP contribution in [0.3, 0.4) is 0 Å². The first-order valence-corrected chi connectivity index (χ1v) is 12.8. The van der Waals surface area contributed by atoms with Crippen molar-refractivity contribution in [3.8, 4) is 0 Å². The molecular formula is C26H36N6O2. The molecule has 5 rings (SSSR count). The van der Waals surface area contributed by atoms with Crippen molar-refractivity contribution in [3.63, 3.8) is 0 Å². The monoisotopic (exact) mass is 464 g/mol. The SMILES string of the molecule is CC[C@H](c1nnnn1C[C@@H]1CCCO1)N(Cc1cc2cc(C)c(C)cc2[nH]c1=O)C1CCCC1. The second-order valence-corrected chi connectivity index (χ2v) is 10.0. The molecule has 34 heavy (non-hydrogen) atoms. The lowest BCUT2D eigenvalue weighted by Crippen LogP contribution is -2.39. The van der Waals surface area contributed by atoms with Crippen molar-refractivity contribution in [1.82, 2.24) is 30.1 Å². The predicted octanol–water partition coefficient (Wildman–Crippen LogP) is 4.21. The van der Waals surface area contributed by atoms with Gasteiger partial charge in [0.2, 0.25) is 0 Å². The zero-order chi connectivity index (χ0) is 23.7. The second kappa shape index (κ2) is 9.96. The van der Waals surface area contributed by atoms with E-state index in [0.29, 0.717) is 19.1 Å². The quantitative estimate of drug-likeness (QED) is 0.537. The number of aromatic nitrogens is 5. The third-order valence-corrected chi connectivity index (χ3v) is 7.73. The van der Waals surface area contributed by atoms with Gasteiger partial charge in [-0.15, -0.1) is 5.10 Å². The summed E-state index contributed by atoms with van der Waals surface area (Å²) in [6.07, 6.45) is 7.95. The van der Waals surface area contributed by atoms with Crippen molar-refractivity contribution < 1.29 is 4.74 Å². The van der Waals surface area contributed by atoms with Crippen LogP contribution in [-0.2, 0) is 17.8 Å². The average Bonchev–Trinajstić information content (AvgIpc) is 3.59. The molecular weight excluding hydrogens is 428 g/mol. The molecule has 1 saturated heterocycles. The number of tetrazole rings is 1. The molecule has 3 aromatic rings. The number of rotatable bonds is 8. The fourth-order valence-corrected chi connectivity index (χ4v) is 5.69. The summed E-state index contributed by atoms with van der Waals surface area (Å²) < 4.78 is 7.78. The third-order valence-electron chi connectivity index (χ3n) is 7.73. The van der Waals surface area contributed by atoms with E-state index in [1.165, 1.54) is 24.0 Å². The largest absolute Gasteiger partial charge is 0.376 e. The normalized spacial score (nSPS) is 20.1. The minimum atomic E-state index is -0.00690. The maximum Gasteiger partial charge on any atom is 0.252 e. The Morgan fingerprint density at radius 1 is 1.15 bits per heavy atom. The molecule has 0 amide bonds. The second-order valence-electron chi connectivity index (χ2n) is 10.0. The van der Waals surface area contributed by atoms with E-state index in [1.54, 1.807) is 0 Å². The standard InChI is InChI=1S/C26H36N6O2/c1-4-24(25-28-29-30-32(25)16-22-10-7-11-34-22)31(21-8-5-6-9-21)15-20-14-19-12-17(2)18(3)13-23(19)27-26(20)33/h12-14,21-22,24H,4-11,15-16H2,1-3H3,(H,27,33)/t22-,24+/m0/s1. The first-order chi connectivity index (χ1) is 16.5. The van der Waals surface area contributed by atoms with Crippen LogP contribution in [0, 0.1) is 13.8 Å². The molecule has 3 heterocycles. The maximum atomic E-state index is 13.1. The molecule has 2 atom stereocenters. The predicted molar refractivity (Wildman–Crippen MR) is 132 cm³/mol. The van der Waals surface area contributed by atoms with Gasteiger partial charge in [0.15, 0.2) is 5.82 Å². The van der Waals surface area contributed by atoms with E-state index in [0.717, 1.165) is 61.0 Å². The van der Waals surface area contributed by atoms with Crippen molar-refractivity contribution in [1.29, 1.82) is 0 Å². The molecule has 182 valence electrons. The number of hydrogen-bond donors (Lipinski definition) is 1. The molecule has 8 nitrogen and oxygen atoms in total. The lowest BCUT2D eigenvalue weighted by molar-refractivity contribution is 0.0839. The van der Waals surface area contributed by atoms with Gasteiger partial charge in [0.25, 0.3) is 5.56 Å². The van der Waals surface area contributed by atoms with Crippen molar-refractivity contribution in [3.05, 3.63) is 51.1 Å². The number of aryl methyl sites for hydroxylation is 2. The zero-order valence-corrected chi connectivity index (χ0v) is 20.6. The number of benzene rings is 1. The fraction of sp³-hybridized carbons (Fsp3) is 0.615. The Balaban J connectivity index is 1.48. The summed E-state index contributed by atoms with van der Waals surface area (Å²) in [6.45, 7) is 8.48. The van der Waals surface area contributed by atoms with Gasteiger partial charge in [-0.25, -0.2) is 4.68 Å². The molecule has 0 spiro atoms. The first-order valence-electron chi connectivity index (χ1n) is 12.8. The zero-order valence-electron chi connectivity index (χ0n) is 20.6. The van der Waals surface area contributed by atoms with Crippen molar-refractivity contribution >= 4 is 10.9 Å². The highest BCUT2D eigenvalue weighted by Gasteiger charge is 2.33. The Hall–Kier alpha value is -2.58. The number of H-pyrrole nitrogens is 1. The molecule has 2 aromatic heterocycles. The summed E-state index contributed by atoms with van der Waals surface area (Å²) in [6, 6.07) is 6.79. The van der Waals surface area contributed by atoms with Crippen LogP contribution in [0.15, 0.2) is 23.0 Å². The van der Waals surface area contributed by atoms with Gasteiger partial charge in [-0.2, -0.15) is 0 Å². The van der Waals surface area contributed by atoms with Gasteiger partial charge >= 0.3 is 0 Å². The van der Waals surface area contributed by atoms with Crippen molar-refractivity contribution in [2.45, 2.75) is 97.0 Å². The summed E-state index contributed by atoms with van der Waals surface area (Å²) >= 11 is 0. The van der Waals surface area contributed by atoms with Gasteiger partial charge in [-0.3, -0.25) is 9.69 Å². The number of nitrogens with zero attached hydrogens (tertiary/aromatic N) is 5. The highest BCUT2D eigenvalue weighted by Crippen LogP contribution is 2.34. The Kier molecular flexibility index (Phi) is 6.79. The van der Waals surface area contributed by atoms with E-state index < -0.39 is 0 Å². The average molecular weight is 465 g/mol. The minimum Gasteiger partial charge on any atom is -0.376 e. The number of ether oxygens (including phenoxy) is 1. The first kappa shape index (κ1) is 23.2. The molecule has 0 unspecified atom stereocenters. The van der Waals surface area contributed by atoms with Gasteiger partial charge < -0.3 is 9.72 Å². The van der Waals surface area contributed by atoms with E-state index >= 15 is 0 Å². The lowest BCUT2D eigenvalue weighted by atomic mass is 10.0. The number of aromatic amines is 1. The summed E-state index contributed by atoms with van der Waals surface area (Å²) in [4.78, 5) is 18.7. The van der Waals surface area contributed by atoms with E-state index in [1.807, 2.05) is 4.68 Å². The molecule has 1 aliphatic heterocycles. The van der Waals surface area contributed by atoms with Crippen LogP contribution in [0.1, 0.15) is 80.4 Å². The topological polar surface area (TPSA) is 88.9 Å². The Bertz CT molecular complexity index is 1190. The highest BCUT2D eigenvalue weighted by molar-refractivity contribution is 5.80. The van der Waals surface area contributed by atoms with E-state index in [4.69, 9.17) is 4.74 Å². The summed E-state index contributed by atoms with van der Waals surface area (Å²) in [7, 11) is 0. The molecule has 1 aliphatic carbocycles. The lowest BCUT2D eigenvalue weighted by Gasteiger charge is -2.35. The molecule has 1 saturated carbocycles. The van der Waals surface area contributed by atoms with Gasteiger partial charge in [-0.1, -0.05) is 19.8 Å². The number of hydrogen-bond acceptors (Lipinski definition) is 6. The van der Waals surface area contributed by atoms with Crippen LogP contribution >= 0.6 is 0 Å². The smallest absolute Gasteiger partial charge is 0.252 e. The maximum absolute atomic E-state index is 13.1. The van der Waals surface area contributed by atoms with E-state index in [2.05, 4.69) is 64.4 Å². The minimum absolute atomic E-state index is 0.00690. The number of nitrogens with one attached hydrogen (secondary N) is 1. The van der Waals surface area contributed by atoms with Crippen LogP contribution in [-0.4, -0.2) is 48.8 Å². The molecule has 0 bridgehead atoms.